The fourth-order valence-electron chi connectivity index (χ4n) is 5.25. The lowest BCUT2D eigenvalue weighted by molar-refractivity contribution is -0.143. The second-order valence-corrected chi connectivity index (χ2v) is 9.56. The number of ketones is 1. The zero-order valence-electron chi connectivity index (χ0n) is 22.3. The highest BCUT2D eigenvalue weighted by Crippen LogP contribution is 2.48. The van der Waals surface area contributed by atoms with E-state index < -0.39 is 11.9 Å². The topological polar surface area (TPSA) is 83.1 Å². The third-order valence-corrected chi connectivity index (χ3v) is 6.80. The Balaban J connectivity index is 1.81. The molecule has 0 spiro atoms. The van der Waals surface area contributed by atoms with E-state index >= 15 is 0 Å². The molecular formula is C30H35NO6. The Kier molecular flexibility index (Phi) is 7.91. The summed E-state index contributed by atoms with van der Waals surface area (Å²) in [5.74, 6) is 0.861. The first kappa shape index (κ1) is 26.3. The van der Waals surface area contributed by atoms with Gasteiger partial charge >= 0.3 is 5.97 Å². The van der Waals surface area contributed by atoms with Gasteiger partial charge in [0.15, 0.2) is 17.3 Å². The van der Waals surface area contributed by atoms with Gasteiger partial charge in [0.25, 0.3) is 0 Å². The van der Waals surface area contributed by atoms with Crippen molar-refractivity contribution in [2.75, 3.05) is 20.8 Å². The Morgan fingerprint density at radius 2 is 1.76 bits per heavy atom. The first-order valence-corrected chi connectivity index (χ1v) is 12.7. The molecule has 0 fully saturated rings. The van der Waals surface area contributed by atoms with Crippen molar-refractivity contribution in [3.8, 4) is 17.2 Å². The van der Waals surface area contributed by atoms with Gasteiger partial charge in [0.2, 0.25) is 0 Å². The molecule has 2 aliphatic rings. The van der Waals surface area contributed by atoms with Crippen LogP contribution in [0, 0.1) is 0 Å². The minimum atomic E-state index is -0.580. The van der Waals surface area contributed by atoms with Crippen molar-refractivity contribution >= 4 is 11.8 Å². The number of esters is 1. The van der Waals surface area contributed by atoms with Crippen molar-refractivity contribution in [2.45, 2.75) is 58.5 Å². The number of carbonyl (C=O) groups excluding carboxylic acids is 2. The molecular weight excluding hydrogens is 470 g/mol. The highest BCUT2D eigenvalue weighted by Gasteiger charge is 2.42. The zero-order chi connectivity index (χ0) is 26.7. The Morgan fingerprint density at radius 3 is 2.43 bits per heavy atom. The summed E-state index contributed by atoms with van der Waals surface area (Å²) in [6, 6.07) is 13.4. The third-order valence-electron chi connectivity index (χ3n) is 6.80. The molecule has 1 heterocycles. The summed E-state index contributed by atoms with van der Waals surface area (Å²) < 4.78 is 22.4. The lowest BCUT2D eigenvalue weighted by atomic mass is 9.71. The first-order chi connectivity index (χ1) is 17.8. The summed E-state index contributed by atoms with van der Waals surface area (Å²) in [5, 5.41) is 3.40. The highest BCUT2D eigenvalue weighted by atomic mass is 16.5. The van der Waals surface area contributed by atoms with E-state index in [1.807, 2.05) is 70.2 Å². The maximum absolute atomic E-state index is 13.9. The number of hydrogen-bond donors (Lipinski definition) is 1. The molecule has 1 aliphatic heterocycles. The highest BCUT2D eigenvalue weighted by molar-refractivity contribution is 6.04. The van der Waals surface area contributed by atoms with E-state index in [0.717, 1.165) is 16.8 Å². The lowest BCUT2D eigenvalue weighted by Crippen LogP contribution is -2.36. The van der Waals surface area contributed by atoms with E-state index in [2.05, 4.69) is 5.32 Å². The van der Waals surface area contributed by atoms with Crippen LogP contribution in [0.25, 0.3) is 0 Å². The Hall–Kier alpha value is -3.74. The van der Waals surface area contributed by atoms with Crippen molar-refractivity contribution in [2.24, 2.45) is 0 Å². The molecule has 0 amide bonds. The maximum Gasteiger partial charge on any atom is 0.337 e. The first-order valence-electron chi connectivity index (χ1n) is 12.7. The summed E-state index contributed by atoms with van der Waals surface area (Å²) in [5.41, 5.74) is 4.33. The number of carbonyl (C=O) groups is 2. The Bertz CT molecular complexity index is 1260. The van der Waals surface area contributed by atoms with Gasteiger partial charge in [-0.2, -0.15) is 0 Å². The molecule has 0 saturated carbocycles. The number of dihydropyridines is 1. The Morgan fingerprint density at radius 1 is 1.03 bits per heavy atom. The molecule has 2 atom stereocenters. The second-order valence-electron chi connectivity index (χ2n) is 9.56. The van der Waals surface area contributed by atoms with Gasteiger partial charge in [0, 0.05) is 29.0 Å². The normalized spacial score (nSPS) is 19.4. The van der Waals surface area contributed by atoms with Crippen LogP contribution in [0.4, 0.5) is 0 Å². The van der Waals surface area contributed by atoms with E-state index in [1.54, 1.807) is 14.2 Å². The molecule has 7 heteroatoms. The number of hydrogen-bond acceptors (Lipinski definition) is 7. The second kappa shape index (κ2) is 11.1. The van der Waals surface area contributed by atoms with Crippen LogP contribution in [0.15, 0.2) is 65.0 Å². The van der Waals surface area contributed by atoms with Crippen LogP contribution in [-0.2, 0) is 14.3 Å². The number of para-hydroxylation sites is 1. The summed E-state index contributed by atoms with van der Waals surface area (Å²) >= 11 is 0. The number of methoxy groups -OCH3 is 2. The molecule has 1 aliphatic carbocycles. The molecule has 37 heavy (non-hydrogen) atoms. The van der Waals surface area contributed by atoms with Gasteiger partial charge < -0.3 is 24.3 Å². The van der Waals surface area contributed by atoms with Gasteiger partial charge in [-0.15, -0.1) is 0 Å². The van der Waals surface area contributed by atoms with Gasteiger partial charge in [-0.1, -0.05) is 24.3 Å². The third kappa shape index (κ3) is 5.22. The van der Waals surface area contributed by atoms with Gasteiger partial charge in [-0.3, -0.25) is 4.79 Å². The van der Waals surface area contributed by atoms with Crippen molar-refractivity contribution in [3.05, 3.63) is 76.1 Å². The fraction of sp³-hybridized carbons (Fsp3) is 0.400. The molecule has 0 bridgehead atoms. The molecule has 196 valence electrons. The van der Waals surface area contributed by atoms with Crippen molar-refractivity contribution < 1.29 is 28.5 Å². The van der Waals surface area contributed by atoms with Gasteiger partial charge in [0.05, 0.1) is 38.4 Å². The van der Waals surface area contributed by atoms with Crippen LogP contribution in [0.5, 0.6) is 17.2 Å². The quantitative estimate of drug-likeness (QED) is 0.480. The Labute approximate surface area is 218 Å². The van der Waals surface area contributed by atoms with Crippen LogP contribution in [-0.4, -0.2) is 38.7 Å². The van der Waals surface area contributed by atoms with Crippen LogP contribution in [0.1, 0.15) is 63.5 Å². The number of ether oxygens (including phenoxy) is 4. The SMILES string of the molecule is CCOc1ccccc1[C@@H]1C(C(=O)OC(C)C)=C(C)NC2=C1C(=O)C[C@H](c1ccc(OC)c(OC)c1)C2. The molecule has 0 aromatic heterocycles. The molecule has 2 aromatic carbocycles. The van der Waals surface area contributed by atoms with Crippen molar-refractivity contribution in [3.63, 3.8) is 0 Å². The van der Waals surface area contributed by atoms with Gasteiger partial charge in [0.1, 0.15) is 5.75 Å². The molecule has 1 N–H and O–H groups in total. The van der Waals surface area contributed by atoms with E-state index in [4.69, 9.17) is 18.9 Å². The average Bonchev–Trinajstić information content (AvgIpc) is 2.87. The molecule has 0 unspecified atom stereocenters. The molecule has 0 radical (unpaired) electrons. The fourth-order valence-corrected chi connectivity index (χ4v) is 5.25. The summed E-state index contributed by atoms with van der Waals surface area (Å²) in [4.78, 5) is 27.2. The van der Waals surface area contributed by atoms with Crippen LogP contribution < -0.4 is 19.5 Å². The van der Waals surface area contributed by atoms with Crippen LogP contribution in [0.2, 0.25) is 0 Å². The maximum atomic E-state index is 13.9. The van der Waals surface area contributed by atoms with Crippen molar-refractivity contribution in [1.29, 1.82) is 0 Å². The average molecular weight is 506 g/mol. The predicted octanol–water partition coefficient (Wildman–Crippen LogP) is 5.42. The van der Waals surface area contributed by atoms with Crippen LogP contribution in [0.3, 0.4) is 0 Å². The molecule has 2 aromatic rings. The van der Waals surface area contributed by atoms with Crippen molar-refractivity contribution in [1.82, 2.24) is 5.32 Å². The predicted molar refractivity (Wildman–Crippen MR) is 141 cm³/mol. The number of allylic oxidation sites excluding steroid dienone is 3. The summed E-state index contributed by atoms with van der Waals surface area (Å²) in [6.45, 7) is 7.88. The van der Waals surface area contributed by atoms with Gasteiger partial charge in [-0.05, 0) is 63.8 Å². The number of rotatable bonds is 8. The smallest absolute Gasteiger partial charge is 0.337 e. The van der Waals surface area contributed by atoms with E-state index in [1.165, 1.54) is 0 Å². The minimum Gasteiger partial charge on any atom is -0.494 e. The van der Waals surface area contributed by atoms with E-state index in [0.29, 0.717) is 53.5 Å². The number of Topliss-reactive ketones (excluding diaryl/α,β-unsaturated/α-hetero) is 1. The largest absolute Gasteiger partial charge is 0.494 e. The molecule has 7 nitrogen and oxygen atoms in total. The molecule has 0 saturated heterocycles. The minimum absolute atomic E-state index is 0.00724. The monoisotopic (exact) mass is 505 g/mol. The van der Waals surface area contributed by atoms with Crippen LogP contribution >= 0.6 is 0 Å². The zero-order valence-corrected chi connectivity index (χ0v) is 22.3. The van der Waals surface area contributed by atoms with E-state index in [9.17, 15) is 9.59 Å². The van der Waals surface area contributed by atoms with E-state index in [-0.39, 0.29) is 17.8 Å². The lowest BCUT2D eigenvalue weighted by Gasteiger charge is -2.37. The van der Waals surface area contributed by atoms with Gasteiger partial charge in [-0.25, -0.2) is 4.79 Å². The number of nitrogens with one attached hydrogen (secondary N) is 1. The molecule has 4 rings (SSSR count). The number of benzene rings is 2. The summed E-state index contributed by atoms with van der Waals surface area (Å²) in [6.07, 6.45) is 0.644. The standard InChI is InChI=1S/C30H35NO6/c1-7-36-24-11-9-8-10-21(24)28-27(30(33)37-17(2)3)18(4)31-22-14-20(15-23(32)29(22)28)19-12-13-25(34-5)26(16-19)35-6/h8-13,16-17,20,28,31H,7,14-15H2,1-6H3/t20-,28-/m1/s1. The summed E-state index contributed by atoms with van der Waals surface area (Å²) in [7, 11) is 3.20.